The monoisotopic (exact) mass is 485 g/mol. The number of aliphatic hydroxyl groups is 4. The first-order valence-electron chi connectivity index (χ1n) is 10.5. The maximum atomic E-state index is 13.6. The standard InChI is InChI=1S/C22H23N5O8/c1-21(34)8-4-7-5-11(28)13(20(23)33)19(32)22(7,35)18(31)12(8)17(30)14-15(21)10(27(2)3)6-9(16(14)29)25-26-24/h6-8,29-30,32,34-35H,4-5H2,1-3H3,(H2,23,33)/t7-,8-,21?,22-/m0/s1. The van der Waals surface area contributed by atoms with E-state index in [-0.39, 0.29) is 23.4 Å². The van der Waals surface area contributed by atoms with E-state index >= 15 is 0 Å². The van der Waals surface area contributed by atoms with Crippen LogP contribution in [-0.4, -0.2) is 62.7 Å². The molecule has 4 atom stereocenters. The van der Waals surface area contributed by atoms with Crippen molar-refractivity contribution in [1.82, 2.24) is 0 Å². The molecule has 1 aromatic carbocycles. The molecule has 0 aromatic heterocycles. The lowest BCUT2D eigenvalue weighted by Crippen LogP contribution is -2.60. The van der Waals surface area contributed by atoms with Crippen LogP contribution in [0.2, 0.25) is 0 Å². The average Bonchev–Trinajstić information content (AvgIpc) is 2.75. The highest BCUT2D eigenvalue weighted by molar-refractivity contribution is 6.22. The van der Waals surface area contributed by atoms with Crippen LogP contribution in [0.25, 0.3) is 16.2 Å². The van der Waals surface area contributed by atoms with Crippen molar-refractivity contribution in [2.75, 3.05) is 19.0 Å². The number of phenols is 1. The molecule has 7 N–H and O–H groups in total. The number of phenolic OH excluding ortho intramolecular Hbond substituents is 1. The van der Waals surface area contributed by atoms with Gasteiger partial charge in [-0.25, -0.2) is 0 Å². The van der Waals surface area contributed by atoms with Crippen molar-refractivity contribution in [2.24, 2.45) is 22.7 Å². The number of fused-ring (bicyclic) bond motifs is 3. The second kappa shape index (κ2) is 7.47. The summed E-state index contributed by atoms with van der Waals surface area (Å²) in [5.74, 6) is -8.62. The first-order chi connectivity index (χ1) is 16.2. The fraction of sp³-hybridized carbons (Fsp3) is 0.409. The molecule has 0 aliphatic heterocycles. The number of hydrogen-bond acceptors (Lipinski definition) is 10. The molecule has 1 saturated carbocycles. The Balaban J connectivity index is 2.09. The molecule has 1 unspecified atom stereocenters. The number of hydrogen-bond donors (Lipinski definition) is 6. The Morgan fingerprint density at radius 2 is 1.89 bits per heavy atom. The van der Waals surface area contributed by atoms with Gasteiger partial charge in [0, 0.05) is 54.1 Å². The number of aromatic hydroxyl groups is 1. The Morgan fingerprint density at radius 1 is 1.26 bits per heavy atom. The van der Waals surface area contributed by atoms with Gasteiger partial charge >= 0.3 is 0 Å². The van der Waals surface area contributed by atoms with E-state index < -0.39 is 80.9 Å². The van der Waals surface area contributed by atoms with Gasteiger partial charge in [-0.2, -0.15) is 0 Å². The lowest BCUT2D eigenvalue weighted by atomic mass is 9.55. The summed E-state index contributed by atoms with van der Waals surface area (Å²) >= 11 is 0. The number of aliphatic hydroxyl groups excluding tert-OH is 2. The van der Waals surface area contributed by atoms with Gasteiger partial charge in [0.25, 0.3) is 5.91 Å². The molecule has 13 heteroatoms. The minimum atomic E-state index is -2.77. The normalized spacial score (nSPS) is 29.7. The number of nitrogens with zero attached hydrogens (tertiary/aromatic N) is 4. The van der Waals surface area contributed by atoms with Crippen molar-refractivity contribution in [3.8, 4) is 5.75 Å². The molecular weight excluding hydrogens is 462 g/mol. The Bertz CT molecular complexity index is 1340. The zero-order chi connectivity index (χ0) is 26.2. The second-order valence-corrected chi connectivity index (χ2v) is 9.30. The van der Waals surface area contributed by atoms with Gasteiger partial charge in [-0.05, 0) is 24.9 Å². The largest absolute Gasteiger partial charge is 0.508 e. The van der Waals surface area contributed by atoms with E-state index in [1.54, 1.807) is 19.0 Å². The highest BCUT2D eigenvalue weighted by Crippen LogP contribution is 2.59. The lowest BCUT2D eigenvalue weighted by molar-refractivity contribution is -0.152. The molecule has 3 aliphatic carbocycles. The van der Waals surface area contributed by atoms with E-state index in [1.165, 1.54) is 13.0 Å². The molecule has 0 radical (unpaired) electrons. The topological polar surface area (TPSA) is 230 Å². The third-order valence-electron chi connectivity index (χ3n) is 7.18. The summed E-state index contributed by atoms with van der Waals surface area (Å²) in [6, 6.07) is 1.31. The Hall–Kier alpha value is -4.06. The van der Waals surface area contributed by atoms with Crippen molar-refractivity contribution in [3.63, 3.8) is 0 Å². The summed E-state index contributed by atoms with van der Waals surface area (Å²) in [4.78, 5) is 42.0. The van der Waals surface area contributed by atoms with Crippen molar-refractivity contribution < 1.29 is 39.9 Å². The van der Waals surface area contributed by atoms with Gasteiger partial charge in [0.2, 0.25) is 5.78 Å². The predicted octanol–water partition coefficient (Wildman–Crippen LogP) is 1.10. The molecule has 1 aromatic rings. The first kappa shape index (κ1) is 24.1. The van der Waals surface area contributed by atoms with E-state index in [0.29, 0.717) is 0 Å². The van der Waals surface area contributed by atoms with Gasteiger partial charge in [0.05, 0.1) is 16.9 Å². The summed E-state index contributed by atoms with van der Waals surface area (Å²) in [6.07, 6.45) is -0.763. The number of azide groups is 1. The van der Waals surface area contributed by atoms with E-state index in [0.717, 1.165) is 0 Å². The Kier molecular flexibility index (Phi) is 5.14. The molecule has 0 saturated heterocycles. The number of amides is 1. The zero-order valence-corrected chi connectivity index (χ0v) is 19.0. The van der Waals surface area contributed by atoms with Crippen LogP contribution in [0.1, 0.15) is 30.9 Å². The maximum absolute atomic E-state index is 13.6. The number of nitrogens with two attached hydrogens (primary N) is 1. The van der Waals surface area contributed by atoms with Gasteiger partial charge in [0.1, 0.15) is 22.8 Å². The van der Waals surface area contributed by atoms with Crippen LogP contribution >= 0.6 is 0 Å². The number of ketones is 2. The Labute approximate surface area is 198 Å². The molecule has 0 heterocycles. The first-order valence-corrected chi connectivity index (χ1v) is 10.5. The molecule has 1 amide bonds. The number of anilines is 1. The lowest BCUT2D eigenvalue weighted by Gasteiger charge is -2.50. The number of Topliss-reactive ketones (excluding diaryl/α,β-unsaturated/α-hetero) is 2. The molecule has 13 nitrogen and oxygen atoms in total. The summed E-state index contributed by atoms with van der Waals surface area (Å²) in [5, 5.41) is 59.1. The molecule has 0 spiro atoms. The summed E-state index contributed by atoms with van der Waals surface area (Å²) in [7, 11) is 3.22. The van der Waals surface area contributed by atoms with Gasteiger partial charge in [-0.3, -0.25) is 14.4 Å². The van der Waals surface area contributed by atoms with Crippen LogP contribution in [0.5, 0.6) is 5.75 Å². The quantitative estimate of drug-likeness (QED) is 0.155. The van der Waals surface area contributed by atoms with Gasteiger partial charge in [0.15, 0.2) is 11.4 Å². The summed E-state index contributed by atoms with van der Waals surface area (Å²) in [6.45, 7) is 1.34. The van der Waals surface area contributed by atoms with Crippen molar-refractivity contribution in [3.05, 3.63) is 44.5 Å². The molecule has 3 aliphatic rings. The van der Waals surface area contributed by atoms with Crippen LogP contribution in [0.4, 0.5) is 11.4 Å². The summed E-state index contributed by atoms with van der Waals surface area (Å²) in [5.41, 5.74) is 7.52. The van der Waals surface area contributed by atoms with Crippen LogP contribution in [0, 0.1) is 11.8 Å². The van der Waals surface area contributed by atoms with E-state index in [9.17, 15) is 39.9 Å². The Morgan fingerprint density at radius 3 is 2.43 bits per heavy atom. The van der Waals surface area contributed by atoms with E-state index in [2.05, 4.69) is 10.0 Å². The number of primary amides is 1. The smallest absolute Gasteiger partial charge is 0.255 e. The van der Waals surface area contributed by atoms with E-state index in [4.69, 9.17) is 11.3 Å². The molecule has 184 valence electrons. The van der Waals surface area contributed by atoms with Gasteiger partial charge < -0.3 is 36.2 Å². The number of rotatable bonds is 3. The highest BCUT2D eigenvalue weighted by Gasteiger charge is 2.63. The van der Waals surface area contributed by atoms with Crippen LogP contribution in [-0.2, 0) is 20.0 Å². The third-order valence-corrected chi connectivity index (χ3v) is 7.18. The SMILES string of the molecule is CN(C)c1cc(N=[N+]=[N-])c(O)c2c1C(C)(O)[C@H]1C[C@H]3CC(=O)C(C(N)=O)=C(O)[C@@]3(O)C(=O)C1=C2O. The number of carbonyl (C=O) groups is 3. The van der Waals surface area contributed by atoms with Gasteiger partial charge in [-0.15, -0.1) is 0 Å². The molecule has 35 heavy (non-hydrogen) atoms. The number of benzene rings is 1. The fourth-order valence-corrected chi connectivity index (χ4v) is 5.51. The molecule has 1 fully saturated rings. The van der Waals surface area contributed by atoms with Crippen molar-refractivity contribution >= 4 is 34.6 Å². The second-order valence-electron chi connectivity index (χ2n) is 9.30. The van der Waals surface area contributed by atoms with Crippen molar-refractivity contribution in [2.45, 2.75) is 31.0 Å². The van der Waals surface area contributed by atoms with Crippen LogP contribution in [0.15, 0.2) is 28.1 Å². The molecule has 4 rings (SSSR count). The fourth-order valence-electron chi connectivity index (χ4n) is 5.51. The molecule has 0 bridgehead atoms. The maximum Gasteiger partial charge on any atom is 0.255 e. The van der Waals surface area contributed by atoms with Crippen LogP contribution in [0.3, 0.4) is 0 Å². The zero-order valence-electron chi connectivity index (χ0n) is 19.0. The predicted molar refractivity (Wildman–Crippen MR) is 120 cm³/mol. The summed E-state index contributed by atoms with van der Waals surface area (Å²) < 4.78 is 0. The minimum absolute atomic E-state index is 0.0288. The highest BCUT2D eigenvalue weighted by atomic mass is 16.3. The van der Waals surface area contributed by atoms with Crippen molar-refractivity contribution in [1.29, 1.82) is 0 Å². The van der Waals surface area contributed by atoms with E-state index in [1.807, 2.05) is 0 Å². The average molecular weight is 485 g/mol. The third kappa shape index (κ3) is 2.95. The molecular formula is C22H23N5O8. The number of carbonyl (C=O) groups excluding carboxylic acids is 3. The van der Waals surface area contributed by atoms with Gasteiger partial charge in [-0.1, -0.05) is 5.11 Å². The van der Waals surface area contributed by atoms with Crippen LogP contribution < -0.4 is 10.6 Å². The minimum Gasteiger partial charge on any atom is -0.508 e.